The molecular weight excluding hydrogens is 272 g/mol. The third-order valence-corrected chi connectivity index (χ3v) is 3.78. The predicted molar refractivity (Wildman–Crippen MR) is 88.7 cm³/mol. The number of benzene rings is 2. The molecule has 3 aromatic rings. The van der Waals surface area contributed by atoms with Gasteiger partial charge in [0.05, 0.1) is 11.9 Å². The van der Waals surface area contributed by atoms with Gasteiger partial charge in [-0.2, -0.15) is 0 Å². The molecule has 0 fully saturated rings. The highest BCUT2D eigenvalue weighted by molar-refractivity contribution is 5.59. The highest BCUT2D eigenvalue weighted by Crippen LogP contribution is 2.25. The minimum Gasteiger partial charge on any atom is -0.380 e. The molecule has 112 valence electrons. The van der Waals surface area contributed by atoms with Crippen molar-refractivity contribution in [2.24, 2.45) is 0 Å². The Morgan fingerprint density at radius 3 is 2.18 bits per heavy atom. The molecule has 0 saturated carbocycles. The van der Waals surface area contributed by atoms with E-state index in [1.54, 1.807) is 6.20 Å². The van der Waals surface area contributed by atoms with Gasteiger partial charge in [-0.15, -0.1) is 0 Å². The zero-order chi connectivity index (χ0) is 15.7. The van der Waals surface area contributed by atoms with Crippen LogP contribution < -0.4 is 0 Å². The van der Waals surface area contributed by atoms with Crippen molar-refractivity contribution >= 4 is 0 Å². The summed E-state index contributed by atoms with van der Waals surface area (Å²) in [7, 11) is 0. The number of imidazole rings is 1. The topological polar surface area (TPSA) is 48.9 Å². The highest BCUT2D eigenvalue weighted by atomic mass is 16.3. The van der Waals surface area contributed by atoms with Gasteiger partial charge in [0.1, 0.15) is 11.9 Å². The van der Waals surface area contributed by atoms with Crippen molar-refractivity contribution in [1.82, 2.24) is 9.97 Å². The smallest absolute Gasteiger partial charge is 0.140 e. The van der Waals surface area contributed by atoms with E-state index in [0.29, 0.717) is 5.82 Å². The van der Waals surface area contributed by atoms with Crippen LogP contribution in [0.2, 0.25) is 0 Å². The fraction of sp³-hybridized carbons (Fsp3) is 0.211. The number of nitrogens with zero attached hydrogens (tertiary/aromatic N) is 1. The lowest BCUT2D eigenvalue weighted by atomic mass is 10.0. The normalized spacial score (nSPS) is 12.4. The van der Waals surface area contributed by atoms with Crippen LogP contribution in [0.15, 0.2) is 48.7 Å². The van der Waals surface area contributed by atoms with Crippen LogP contribution in [0.1, 0.15) is 34.2 Å². The first-order valence-electron chi connectivity index (χ1n) is 7.41. The van der Waals surface area contributed by atoms with E-state index in [-0.39, 0.29) is 0 Å². The maximum absolute atomic E-state index is 10.6. The fourth-order valence-corrected chi connectivity index (χ4v) is 2.68. The SMILES string of the molecule is Cc1ccc(-c2cnc(C(O)c3cc(C)cc(C)c3)[nH]2)cc1. The number of aryl methyl sites for hydroxylation is 3. The Kier molecular flexibility index (Phi) is 3.82. The van der Waals surface area contributed by atoms with Gasteiger partial charge in [0, 0.05) is 0 Å². The summed E-state index contributed by atoms with van der Waals surface area (Å²) in [5.74, 6) is 0.570. The Hall–Kier alpha value is -2.39. The van der Waals surface area contributed by atoms with Crippen LogP contribution in [-0.4, -0.2) is 15.1 Å². The molecule has 0 aliphatic heterocycles. The molecule has 0 bridgehead atoms. The van der Waals surface area contributed by atoms with Crippen LogP contribution in [0.5, 0.6) is 0 Å². The zero-order valence-electron chi connectivity index (χ0n) is 13.1. The Labute approximate surface area is 130 Å². The molecule has 0 saturated heterocycles. The van der Waals surface area contributed by atoms with Crippen molar-refractivity contribution in [2.75, 3.05) is 0 Å². The van der Waals surface area contributed by atoms with E-state index in [4.69, 9.17) is 0 Å². The van der Waals surface area contributed by atoms with Crippen LogP contribution in [-0.2, 0) is 0 Å². The predicted octanol–water partition coefficient (Wildman–Crippen LogP) is 4.08. The number of hydrogen-bond donors (Lipinski definition) is 2. The lowest BCUT2D eigenvalue weighted by Gasteiger charge is -2.10. The van der Waals surface area contributed by atoms with Gasteiger partial charge in [-0.25, -0.2) is 4.98 Å². The molecule has 1 aromatic heterocycles. The van der Waals surface area contributed by atoms with Crippen molar-refractivity contribution in [3.8, 4) is 11.3 Å². The van der Waals surface area contributed by atoms with E-state index in [9.17, 15) is 5.11 Å². The van der Waals surface area contributed by atoms with Crippen LogP contribution in [0.4, 0.5) is 0 Å². The first-order valence-corrected chi connectivity index (χ1v) is 7.41. The molecule has 0 aliphatic carbocycles. The quantitative estimate of drug-likeness (QED) is 0.764. The molecule has 22 heavy (non-hydrogen) atoms. The Balaban J connectivity index is 1.91. The molecular formula is C19H20N2O. The second-order valence-corrected chi connectivity index (χ2v) is 5.87. The zero-order valence-corrected chi connectivity index (χ0v) is 13.1. The van der Waals surface area contributed by atoms with Crippen molar-refractivity contribution in [3.05, 3.63) is 76.7 Å². The monoisotopic (exact) mass is 292 g/mol. The molecule has 0 aliphatic rings. The second kappa shape index (κ2) is 5.78. The summed E-state index contributed by atoms with van der Waals surface area (Å²) in [5.41, 5.74) is 6.34. The van der Waals surface area contributed by atoms with Gasteiger partial charge in [-0.3, -0.25) is 0 Å². The molecule has 3 heteroatoms. The Morgan fingerprint density at radius 1 is 0.909 bits per heavy atom. The molecule has 3 nitrogen and oxygen atoms in total. The summed E-state index contributed by atoms with van der Waals surface area (Å²) in [6, 6.07) is 14.3. The Bertz CT molecular complexity index is 767. The minimum atomic E-state index is -0.738. The van der Waals surface area contributed by atoms with Crippen molar-refractivity contribution in [3.63, 3.8) is 0 Å². The van der Waals surface area contributed by atoms with E-state index in [0.717, 1.165) is 27.9 Å². The summed E-state index contributed by atoms with van der Waals surface area (Å²) in [6.07, 6.45) is 1.03. The van der Waals surface area contributed by atoms with Gasteiger partial charge in [0.15, 0.2) is 0 Å². The maximum Gasteiger partial charge on any atom is 0.140 e. The minimum absolute atomic E-state index is 0.570. The average molecular weight is 292 g/mol. The van der Waals surface area contributed by atoms with E-state index in [1.165, 1.54) is 5.56 Å². The largest absolute Gasteiger partial charge is 0.380 e. The molecule has 1 atom stereocenters. The van der Waals surface area contributed by atoms with E-state index < -0.39 is 6.10 Å². The lowest BCUT2D eigenvalue weighted by molar-refractivity contribution is 0.211. The van der Waals surface area contributed by atoms with Gasteiger partial charge in [0.2, 0.25) is 0 Å². The van der Waals surface area contributed by atoms with Gasteiger partial charge in [-0.05, 0) is 31.9 Å². The summed E-state index contributed by atoms with van der Waals surface area (Å²) in [5, 5.41) is 10.6. The third-order valence-electron chi connectivity index (χ3n) is 3.78. The molecule has 0 amide bonds. The molecule has 2 N–H and O–H groups in total. The number of aliphatic hydroxyl groups excluding tert-OH is 1. The number of rotatable bonds is 3. The maximum atomic E-state index is 10.6. The van der Waals surface area contributed by atoms with Gasteiger partial charge >= 0.3 is 0 Å². The number of H-pyrrole nitrogens is 1. The number of nitrogens with one attached hydrogen (secondary N) is 1. The molecule has 0 radical (unpaired) electrons. The number of aromatic amines is 1. The molecule has 1 heterocycles. The lowest BCUT2D eigenvalue weighted by Crippen LogP contribution is -2.02. The van der Waals surface area contributed by atoms with E-state index in [2.05, 4.69) is 47.2 Å². The van der Waals surface area contributed by atoms with E-state index in [1.807, 2.05) is 26.0 Å². The molecule has 0 spiro atoms. The number of aromatic nitrogens is 2. The van der Waals surface area contributed by atoms with Crippen molar-refractivity contribution in [1.29, 1.82) is 0 Å². The van der Waals surface area contributed by atoms with Crippen LogP contribution in [0, 0.1) is 20.8 Å². The second-order valence-electron chi connectivity index (χ2n) is 5.87. The first-order chi connectivity index (χ1) is 10.5. The van der Waals surface area contributed by atoms with Gasteiger partial charge in [-0.1, -0.05) is 59.2 Å². The molecule has 3 rings (SSSR count). The van der Waals surface area contributed by atoms with Crippen LogP contribution in [0.3, 0.4) is 0 Å². The first kappa shape index (κ1) is 14.5. The average Bonchev–Trinajstić information content (AvgIpc) is 2.96. The van der Waals surface area contributed by atoms with Crippen LogP contribution >= 0.6 is 0 Å². The summed E-state index contributed by atoms with van der Waals surface area (Å²) < 4.78 is 0. The number of aliphatic hydroxyl groups is 1. The standard InChI is InChI=1S/C19H20N2O/c1-12-4-6-15(7-5-12)17-11-20-19(21-17)18(22)16-9-13(2)8-14(3)10-16/h4-11,18,22H,1-3H3,(H,20,21). The highest BCUT2D eigenvalue weighted by Gasteiger charge is 2.15. The van der Waals surface area contributed by atoms with E-state index >= 15 is 0 Å². The van der Waals surface area contributed by atoms with Gasteiger partial charge < -0.3 is 10.1 Å². The van der Waals surface area contributed by atoms with Crippen molar-refractivity contribution < 1.29 is 5.11 Å². The number of hydrogen-bond acceptors (Lipinski definition) is 2. The summed E-state index contributed by atoms with van der Waals surface area (Å²) >= 11 is 0. The Morgan fingerprint density at radius 2 is 1.55 bits per heavy atom. The molecule has 1 unspecified atom stereocenters. The molecule has 2 aromatic carbocycles. The third kappa shape index (κ3) is 2.95. The summed E-state index contributed by atoms with van der Waals surface area (Å²) in [6.45, 7) is 6.12. The van der Waals surface area contributed by atoms with Crippen LogP contribution in [0.25, 0.3) is 11.3 Å². The van der Waals surface area contributed by atoms with Crippen molar-refractivity contribution in [2.45, 2.75) is 26.9 Å². The van der Waals surface area contributed by atoms with Gasteiger partial charge in [0.25, 0.3) is 0 Å². The fourth-order valence-electron chi connectivity index (χ4n) is 2.68. The summed E-state index contributed by atoms with van der Waals surface area (Å²) in [4.78, 5) is 7.57.